The van der Waals surface area contributed by atoms with Gasteiger partial charge in [-0.2, -0.15) is 0 Å². The molecule has 0 fully saturated rings. The number of nitrogens with zero attached hydrogens (tertiary/aromatic N) is 1. The van der Waals surface area contributed by atoms with Gasteiger partial charge in [0.25, 0.3) is 0 Å². The van der Waals surface area contributed by atoms with Crippen LogP contribution in [0.4, 0.5) is 5.69 Å². The van der Waals surface area contributed by atoms with Gasteiger partial charge in [-0.25, -0.2) is 0 Å². The molecule has 1 N–H and O–H groups in total. The lowest BCUT2D eigenvalue weighted by Gasteiger charge is -2.25. The number of methoxy groups -OCH3 is 2. The molecule has 0 aliphatic rings. The molecule has 1 atom stereocenters. The topological polar surface area (TPSA) is 50.8 Å². The van der Waals surface area contributed by atoms with E-state index in [1.165, 1.54) is 0 Å². The van der Waals surface area contributed by atoms with Crippen molar-refractivity contribution in [3.8, 4) is 11.5 Å². The van der Waals surface area contributed by atoms with Crippen LogP contribution in [0.15, 0.2) is 42.5 Å². The fraction of sp³-hybridized carbons (Fsp3) is 0.316. The molecule has 2 aromatic rings. The zero-order chi connectivity index (χ0) is 18.4. The molecule has 1 amide bonds. The van der Waals surface area contributed by atoms with E-state index in [1.54, 1.807) is 38.5 Å². The van der Waals surface area contributed by atoms with E-state index in [1.807, 2.05) is 37.1 Å². The molecule has 0 unspecified atom stereocenters. The van der Waals surface area contributed by atoms with Gasteiger partial charge in [-0.05, 0) is 44.3 Å². The Morgan fingerprint density at radius 1 is 1.16 bits per heavy atom. The second kappa shape index (κ2) is 8.74. The molecule has 134 valence electrons. The highest BCUT2D eigenvalue weighted by Gasteiger charge is 2.19. The molecule has 5 nitrogen and oxygen atoms in total. The summed E-state index contributed by atoms with van der Waals surface area (Å²) >= 11 is 5.86. The normalized spacial score (nSPS) is 11.9. The summed E-state index contributed by atoms with van der Waals surface area (Å²) in [6.07, 6.45) is 0. The number of carbonyl (C=O) groups is 1. The van der Waals surface area contributed by atoms with Gasteiger partial charge >= 0.3 is 0 Å². The summed E-state index contributed by atoms with van der Waals surface area (Å²) in [6.45, 7) is 2.43. The van der Waals surface area contributed by atoms with Crippen LogP contribution in [0.25, 0.3) is 0 Å². The maximum atomic E-state index is 12.4. The number of hydrogen-bond acceptors (Lipinski definition) is 4. The first-order valence-electron chi connectivity index (χ1n) is 7.92. The molecule has 0 saturated carbocycles. The van der Waals surface area contributed by atoms with Crippen LogP contribution in [0.5, 0.6) is 11.5 Å². The Labute approximate surface area is 153 Å². The third kappa shape index (κ3) is 5.11. The molecular weight excluding hydrogens is 340 g/mol. The first kappa shape index (κ1) is 19.1. The van der Waals surface area contributed by atoms with E-state index in [4.69, 9.17) is 21.1 Å². The molecule has 2 aromatic carbocycles. The largest absolute Gasteiger partial charge is 0.497 e. The number of anilines is 1. The molecule has 0 saturated heterocycles. The van der Waals surface area contributed by atoms with E-state index >= 15 is 0 Å². The van der Waals surface area contributed by atoms with Gasteiger partial charge in [0.15, 0.2) is 0 Å². The van der Waals surface area contributed by atoms with E-state index in [0.717, 1.165) is 22.7 Å². The first-order valence-corrected chi connectivity index (χ1v) is 8.30. The summed E-state index contributed by atoms with van der Waals surface area (Å²) in [5, 5.41) is 3.53. The van der Waals surface area contributed by atoms with Gasteiger partial charge in [0.2, 0.25) is 5.91 Å². The smallest absolute Gasteiger partial charge is 0.241 e. The van der Waals surface area contributed by atoms with Crippen molar-refractivity contribution >= 4 is 23.2 Å². The average molecular weight is 363 g/mol. The number of carbonyl (C=O) groups excluding carboxylic acids is 1. The summed E-state index contributed by atoms with van der Waals surface area (Å²) in [5.41, 5.74) is 1.70. The van der Waals surface area contributed by atoms with E-state index in [-0.39, 0.29) is 11.9 Å². The monoisotopic (exact) mass is 362 g/mol. The lowest BCUT2D eigenvalue weighted by molar-refractivity contribution is -0.120. The molecule has 0 bridgehead atoms. The van der Waals surface area contributed by atoms with Crippen LogP contribution in [-0.2, 0) is 11.3 Å². The van der Waals surface area contributed by atoms with Crippen molar-refractivity contribution in [3.05, 3.63) is 53.1 Å². The Hall–Kier alpha value is -2.24. The minimum absolute atomic E-state index is 0.0858. The van der Waals surface area contributed by atoms with Gasteiger partial charge in [0.05, 0.1) is 20.3 Å². The molecule has 25 heavy (non-hydrogen) atoms. The highest BCUT2D eigenvalue weighted by molar-refractivity contribution is 6.30. The summed E-state index contributed by atoms with van der Waals surface area (Å²) in [7, 11) is 5.13. The second-order valence-corrected chi connectivity index (χ2v) is 6.20. The standard InChI is InChI=1S/C19H23ClN2O3/c1-13(19(23)21-16-8-6-15(20)7-9-16)22(2)12-14-5-10-17(24-3)11-18(14)25-4/h5-11,13H,12H2,1-4H3,(H,21,23)/t13-/m1/s1. The molecule has 0 radical (unpaired) electrons. The van der Waals surface area contributed by atoms with E-state index in [0.29, 0.717) is 11.6 Å². The predicted octanol–water partition coefficient (Wildman–Crippen LogP) is 3.82. The number of amides is 1. The summed E-state index contributed by atoms with van der Waals surface area (Å²) < 4.78 is 10.6. The molecular formula is C19H23ClN2O3. The van der Waals surface area contributed by atoms with Gasteiger partial charge < -0.3 is 14.8 Å². The van der Waals surface area contributed by atoms with Crippen molar-refractivity contribution in [1.29, 1.82) is 0 Å². The minimum atomic E-state index is -0.317. The van der Waals surface area contributed by atoms with Crippen LogP contribution in [0.3, 0.4) is 0 Å². The maximum Gasteiger partial charge on any atom is 0.241 e. The highest BCUT2D eigenvalue weighted by atomic mass is 35.5. The van der Waals surface area contributed by atoms with Crippen LogP contribution in [0.1, 0.15) is 12.5 Å². The van der Waals surface area contributed by atoms with Crippen molar-refractivity contribution in [2.45, 2.75) is 19.5 Å². The SMILES string of the molecule is COc1ccc(CN(C)[C@H](C)C(=O)Nc2ccc(Cl)cc2)c(OC)c1. The van der Waals surface area contributed by atoms with Crippen molar-refractivity contribution in [1.82, 2.24) is 4.90 Å². The number of nitrogens with one attached hydrogen (secondary N) is 1. The molecule has 0 aliphatic carbocycles. The van der Waals surface area contributed by atoms with Crippen molar-refractivity contribution in [3.63, 3.8) is 0 Å². The fourth-order valence-corrected chi connectivity index (χ4v) is 2.49. The Morgan fingerprint density at radius 3 is 2.44 bits per heavy atom. The average Bonchev–Trinajstić information content (AvgIpc) is 2.63. The number of likely N-dealkylation sites (N-methyl/N-ethyl adjacent to an activating group) is 1. The molecule has 0 aromatic heterocycles. The lowest BCUT2D eigenvalue weighted by atomic mass is 10.1. The Balaban J connectivity index is 2.03. The molecule has 2 rings (SSSR count). The Morgan fingerprint density at radius 2 is 1.84 bits per heavy atom. The van der Waals surface area contributed by atoms with Crippen LogP contribution < -0.4 is 14.8 Å². The summed E-state index contributed by atoms with van der Waals surface area (Å²) in [5.74, 6) is 1.38. The summed E-state index contributed by atoms with van der Waals surface area (Å²) in [6, 6.07) is 12.4. The van der Waals surface area contributed by atoms with Crippen LogP contribution in [0.2, 0.25) is 5.02 Å². The van der Waals surface area contributed by atoms with Crippen molar-refractivity contribution in [2.75, 3.05) is 26.6 Å². The van der Waals surface area contributed by atoms with Crippen molar-refractivity contribution < 1.29 is 14.3 Å². The maximum absolute atomic E-state index is 12.4. The number of benzene rings is 2. The Kier molecular flexibility index (Phi) is 6.67. The highest BCUT2D eigenvalue weighted by Crippen LogP contribution is 2.26. The van der Waals surface area contributed by atoms with Crippen LogP contribution >= 0.6 is 11.6 Å². The first-order chi connectivity index (χ1) is 11.9. The second-order valence-electron chi connectivity index (χ2n) is 5.77. The van der Waals surface area contributed by atoms with Gasteiger partial charge in [0, 0.05) is 28.9 Å². The van der Waals surface area contributed by atoms with Crippen LogP contribution in [-0.4, -0.2) is 38.1 Å². The zero-order valence-corrected chi connectivity index (χ0v) is 15.6. The minimum Gasteiger partial charge on any atom is -0.497 e. The molecule has 6 heteroatoms. The van der Waals surface area contributed by atoms with E-state index < -0.39 is 0 Å². The van der Waals surface area contributed by atoms with E-state index in [9.17, 15) is 4.79 Å². The number of halogens is 1. The quantitative estimate of drug-likeness (QED) is 0.813. The summed E-state index contributed by atoms with van der Waals surface area (Å²) in [4.78, 5) is 14.4. The van der Waals surface area contributed by atoms with Gasteiger partial charge in [-0.3, -0.25) is 9.69 Å². The third-order valence-electron chi connectivity index (χ3n) is 4.07. The van der Waals surface area contributed by atoms with Crippen molar-refractivity contribution in [2.24, 2.45) is 0 Å². The number of rotatable bonds is 7. The predicted molar refractivity (Wildman–Crippen MR) is 101 cm³/mol. The van der Waals surface area contributed by atoms with Gasteiger partial charge in [-0.1, -0.05) is 17.7 Å². The zero-order valence-electron chi connectivity index (χ0n) is 14.9. The van der Waals surface area contributed by atoms with Crippen LogP contribution in [0, 0.1) is 0 Å². The lowest BCUT2D eigenvalue weighted by Crippen LogP contribution is -2.39. The molecule has 0 heterocycles. The number of hydrogen-bond donors (Lipinski definition) is 1. The number of ether oxygens (including phenoxy) is 2. The van der Waals surface area contributed by atoms with Gasteiger partial charge in [0.1, 0.15) is 11.5 Å². The fourth-order valence-electron chi connectivity index (χ4n) is 2.37. The third-order valence-corrected chi connectivity index (χ3v) is 4.32. The van der Waals surface area contributed by atoms with Gasteiger partial charge in [-0.15, -0.1) is 0 Å². The molecule has 0 aliphatic heterocycles. The van der Waals surface area contributed by atoms with E-state index in [2.05, 4.69) is 5.32 Å². The molecule has 0 spiro atoms. The Bertz CT molecular complexity index is 719.